The van der Waals surface area contributed by atoms with Crippen LogP contribution in [0.5, 0.6) is 11.6 Å². The largest absolute Gasteiger partial charge is 0.496 e. The Balaban J connectivity index is 1.59. The Hall–Kier alpha value is -4.45. The van der Waals surface area contributed by atoms with Crippen LogP contribution in [0, 0.1) is 24.2 Å². The third-order valence-corrected chi connectivity index (χ3v) is 7.30. The predicted octanol–water partition coefficient (Wildman–Crippen LogP) is 6.27. The zero-order valence-electron chi connectivity index (χ0n) is 22.5. The van der Waals surface area contributed by atoms with E-state index in [-0.39, 0.29) is 37.9 Å². The summed E-state index contributed by atoms with van der Waals surface area (Å²) < 4.78 is 44.5. The van der Waals surface area contributed by atoms with E-state index in [9.17, 15) is 18.8 Å². The Bertz CT molecular complexity index is 1510. The zero-order chi connectivity index (χ0) is 28.4. The Morgan fingerprint density at radius 2 is 1.93 bits per heavy atom. The number of carbonyl (C=O) groups is 1. The van der Waals surface area contributed by atoms with Gasteiger partial charge in [0.2, 0.25) is 11.8 Å². The van der Waals surface area contributed by atoms with Crippen LogP contribution in [0.3, 0.4) is 0 Å². The van der Waals surface area contributed by atoms with Gasteiger partial charge in [0.25, 0.3) is 0 Å². The lowest BCUT2D eigenvalue weighted by Gasteiger charge is -2.36. The fourth-order valence-corrected chi connectivity index (χ4v) is 5.27. The summed E-state index contributed by atoms with van der Waals surface area (Å²) in [6.07, 6.45) is 1.18. The van der Waals surface area contributed by atoms with Crippen molar-refractivity contribution in [3.63, 3.8) is 0 Å². The van der Waals surface area contributed by atoms with Crippen molar-refractivity contribution in [2.75, 3.05) is 19.0 Å². The molecule has 1 unspecified atom stereocenters. The predicted molar refractivity (Wildman–Crippen MR) is 144 cm³/mol. The van der Waals surface area contributed by atoms with Gasteiger partial charge in [-0.15, -0.1) is 0 Å². The molecule has 40 heavy (non-hydrogen) atoms. The number of hydrogen-bond donors (Lipinski definition) is 1. The Kier molecular flexibility index (Phi) is 7.44. The van der Waals surface area contributed by atoms with Crippen LogP contribution in [0.1, 0.15) is 53.5 Å². The maximum Gasteiger partial charge on any atom is 0.337 e. The van der Waals surface area contributed by atoms with Gasteiger partial charge in [-0.05, 0) is 37.1 Å². The van der Waals surface area contributed by atoms with Crippen molar-refractivity contribution in [3.05, 3.63) is 93.8 Å². The number of nitrogens with one attached hydrogen (secondary N) is 1. The molecule has 1 aromatic heterocycles. The highest BCUT2D eigenvalue weighted by Gasteiger charge is 2.46. The van der Waals surface area contributed by atoms with Crippen LogP contribution in [0.4, 0.5) is 14.5 Å². The molecule has 206 valence electrons. The van der Waals surface area contributed by atoms with Crippen molar-refractivity contribution in [2.45, 2.75) is 45.1 Å². The van der Waals surface area contributed by atoms with Gasteiger partial charge in [0.15, 0.2) is 0 Å². The average molecular weight is 546 g/mol. The van der Waals surface area contributed by atoms with Crippen LogP contribution in [0.15, 0.2) is 66.0 Å². The molecule has 1 aliphatic heterocycles. The van der Waals surface area contributed by atoms with Crippen LogP contribution in [0.25, 0.3) is 0 Å². The molecular formula is C31H29F2N3O4. The number of ether oxygens (including phenoxy) is 3. The topological polar surface area (TPSA) is 93.5 Å². The molecule has 0 amide bonds. The van der Waals surface area contributed by atoms with Gasteiger partial charge in [0, 0.05) is 36.2 Å². The highest BCUT2D eigenvalue weighted by atomic mass is 19.3. The number of esters is 1. The minimum Gasteiger partial charge on any atom is -0.496 e. The SMILES string of the molecule is COc1cc(C#N)ccc1C1C(C(=O)OCc2ccccc2)=C(C)Nc2c(C)cnc(OCC3CC(F)(F)C3)c21. The molecule has 1 saturated carbocycles. The standard InChI is InChI=1S/C31H29F2N3O4/c1-18-15-35-29(39-17-22-12-31(32,33)13-22)27-26(23-10-9-21(14-34)11-24(23)38-3)25(19(2)36-28(18)27)30(37)40-16-20-7-5-4-6-8-20/h4-11,15,22,26,36H,12-13,16-17H2,1-3H3. The normalized spacial score (nSPS) is 17.6. The fourth-order valence-electron chi connectivity index (χ4n) is 5.27. The minimum atomic E-state index is -2.66. The highest BCUT2D eigenvalue weighted by molar-refractivity contribution is 5.95. The second kappa shape index (κ2) is 11.0. The molecule has 0 saturated heterocycles. The van der Waals surface area contributed by atoms with Crippen LogP contribution < -0.4 is 14.8 Å². The lowest BCUT2D eigenvalue weighted by Crippen LogP contribution is -2.38. The molecule has 1 fully saturated rings. The molecule has 1 aliphatic carbocycles. The first kappa shape index (κ1) is 27.1. The monoisotopic (exact) mass is 545 g/mol. The van der Waals surface area contributed by atoms with Gasteiger partial charge in [0.1, 0.15) is 12.4 Å². The molecule has 5 rings (SSSR count). The van der Waals surface area contributed by atoms with Crippen molar-refractivity contribution >= 4 is 11.7 Å². The number of allylic oxidation sites excluding steroid dienone is 1. The second-order valence-corrected chi connectivity index (χ2v) is 10.2. The molecule has 2 aliphatic rings. The minimum absolute atomic E-state index is 0.0752. The number of nitriles is 1. The van der Waals surface area contributed by atoms with E-state index in [0.29, 0.717) is 39.4 Å². The summed E-state index contributed by atoms with van der Waals surface area (Å²) in [6.45, 7) is 3.83. The van der Waals surface area contributed by atoms with E-state index in [1.54, 1.807) is 31.3 Å². The Morgan fingerprint density at radius 3 is 2.60 bits per heavy atom. The summed E-state index contributed by atoms with van der Waals surface area (Å²) in [4.78, 5) is 18.2. The first-order valence-electron chi connectivity index (χ1n) is 13.0. The molecule has 1 N–H and O–H groups in total. The molecule has 0 radical (unpaired) electrons. The van der Waals surface area contributed by atoms with E-state index >= 15 is 0 Å². The quantitative estimate of drug-likeness (QED) is 0.334. The first-order valence-corrected chi connectivity index (χ1v) is 13.0. The Morgan fingerprint density at radius 1 is 1.18 bits per heavy atom. The number of aromatic nitrogens is 1. The molecular weight excluding hydrogens is 516 g/mol. The van der Waals surface area contributed by atoms with E-state index in [0.717, 1.165) is 11.1 Å². The molecule has 9 heteroatoms. The lowest BCUT2D eigenvalue weighted by molar-refractivity contribution is -0.140. The van der Waals surface area contributed by atoms with E-state index < -0.39 is 17.8 Å². The van der Waals surface area contributed by atoms with Crippen LogP contribution in [-0.4, -0.2) is 30.6 Å². The zero-order valence-corrected chi connectivity index (χ0v) is 22.5. The molecule has 0 bridgehead atoms. The van der Waals surface area contributed by atoms with Crippen molar-refractivity contribution in [3.8, 4) is 17.7 Å². The number of aryl methyl sites for hydroxylation is 1. The van der Waals surface area contributed by atoms with E-state index in [1.807, 2.05) is 37.3 Å². The third-order valence-electron chi connectivity index (χ3n) is 7.30. The number of rotatable bonds is 8. The van der Waals surface area contributed by atoms with Crippen molar-refractivity contribution in [1.82, 2.24) is 4.98 Å². The smallest absolute Gasteiger partial charge is 0.337 e. The highest BCUT2D eigenvalue weighted by Crippen LogP contribution is 2.50. The van der Waals surface area contributed by atoms with Crippen molar-refractivity contribution < 1.29 is 27.8 Å². The first-order chi connectivity index (χ1) is 19.2. The summed E-state index contributed by atoms with van der Waals surface area (Å²) >= 11 is 0. The summed E-state index contributed by atoms with van der Waals surface area (Å²) in [5.74, 6) is -3.58. The van der Waals surface area contributed by atoms with Gasteiger partial charge in [-0.1, -0.05) is 36.4 Å². The number of anilines is 1. The van der Waals surface area contributed by atoms with E-state index in [1.165, 1.54) is 7.11 Å². The number of benzene rings is 2. The summed E-state index contributed by atoms with van der Waals surface area (Å²) in [7, 11) is 1.49. The molecule has 3 aromatic rings. The lowest BCUT2D eigenvalue weighted by atomic mass is 9.79. The molecule has 7 nitrogen and oxygen atoms in total. The summed E-state index contributed by atoms with van der Waals surface area (Å²) in [5.41, 5.74) is 4.86. The maximum absolute atomic E-state index is 13.7. The maximum atomic E-state index is 13.7. The number of halogens is 2. The third kappa shape index (κ3) is 5.34. The van der Waals surface area contributed by atoms with Gasteiger partial charge >= 0.3 is 5.97 Å². The van der Waals surface area contributed by atoms with Gasteiger partial charge in [-0.25, -0.2) is 18.6 Å². The van der Waals surface area contributed by atoms with Crippen LogP contribution in [0.2, 0.25) is 0 Å². The second-order valence-electron chi connectivity index (χ2n) is 10.2. The number of nitrogens with zero attached hydrogens (tertiary/aromatic N) is 2. The number of fused-ring (bicyclic) bond motifs is 1. The fraction of sp³-hybridized carbons (Fsp3) is 0.323. The molecule has 1 atom stereocenters. The van der Waals surface area contributed by atoms with Crippen molar-refractivity contribution in [1.29, 1.82) is 5.26 Å². The van der Waals surface area contributed by atoms with Gasteiger partial charge in [0.05, 0.1) is 48.1 Å². The van der Waals surface area contributed by atoms with Crippen LogP contribution >= 0.6 is 0 Å². The summed E-state index contributed by atoms with van der Waals surface area (Å²) in [5, 5.41) is 12.8. The molecule has 2 heterocycles. The van der Waals surface area contributed by atoms with E-state index in [4.69, 9.17) is 14.2 Å². The number of hydrogen-bond acceptors (Lipinski definition) is 7. The van der Waals surface area contributed by atoms with Gasteiger partial charge in [-0.3, -0.25) is 0 Å². The van der Waals surface area contributed by atoms with Crippen LogP contribution in [-0.2, 0) is 16.1 Å². The number of carbonyl (C=O) groups excluding carboxylic acids is 1. The van der Waals surface area contributed by atoms with Crippen molar-refractivity contribution in [2.24, 2.45) is 5.92 Å². The average Bonchev–Trinajstić information content (AvgIpc) is 2.94. The Labute approximate surface area is 231 Å². The number of pyridine rings is 1. The molecule has 0 spiro atoms. The summed E-state index contributed by atoms with van der Waals surface area (Å²) in [6, 6.07) is 16.5. The van der Waals surface area contributed by atoms with Gasteiger partial charge in [-0.2, -0.15) is 5.26 Å². The number of methoxy groups -OCH3 is 1. The van der Waals surface area contributed by atoms with Gasteiger partial charge < -0.3 is 19.5 Å². The molecule has 2 aromatic carbocycles. The van der Waals surface area contributed by atoms with E-state index in [2.05, 4.69) is 16.4 Å². The number of alkyl halides is 2.